The van der Waals surface area contributed by atoms with Crippen LogP contribution in [0.25, 0.3) is 0 Å². The Kier molecular flexibility index (Phi) is 4.86. The lowest BCUT2D eigenvalue weighted by molar-refractivity contribution is -0.128. The molecule has 1 amide bonds. The summed E-state index contributed by atoms with van der Waals surface area (Å²) in [5.74, 6) is 0.999. The van der Waals surface area contributed by atoms with E-state index in [0.717, 1.165) is 29.8 Å². The second-order valence-corrected chi connectivity index (χ2v) is 6.38. The standard InChI is InChI=1S/C20H24N2O2/c1-14-4-6-15(7-5-14)19(16-8-10-17(24-3)11-9-16)21-18-12-13-22(2)20(18)23/h4-11,18-19,21H,12-13H2,1-3H3/t18-,19-/m1/s1. The van der Waals surface area contributed by atoms with E-state index in [2.05, 4.69) is 48.6 Å². The minimum absolute atomic E-state index is 0.0167. The van der Waals surface area contributed by atoms with Gasteiger partial charge in [-0.05, 0) is 36.6 Å². The summed E-state index contributed by atoms with van der Waals surface area (Å²) in [5.41, 5.74) is 3.51. The number of nitrogens with one attached hydrogen (secondary N) is 1. The van der Waals surface area contributed by atoms with Crippen LogP contribution < -0.4 is 10.1 Å². The summed E-state index contributed by atoms with van der Waals surface area (Å²) in [5, 5.41) is 3.55. The number of likely N-dealkylation sites (N-methyl/N-ethyl adjacent to an activating group) is 1. The van der Waals surface area contributed by atoms with Gasteiger partial charge in [-0.1, -0.05) is 42.0 Å². The first-order valence-corrected chi connectivity index (χ1v) is 8.30. The van der Waals surface area contributed by atoms with E-state index in [-0.39, 0.29) is 18.0 Å². The summed E-state index contributed by atoms with van der Waals surface area (Å²) in [6, 6.07) is 16.3. The zero-order valence-corrected chi connectivity index (χ0v) is 14.5. The van der Waals surface area contributed by atoms with Crippen LogP contribution in [0.5, 0.6) is 5.75 Å². The number of rotatable bonds is 5. The third-order valence-corrected chi connectivity index (χ3v) is 4.66. The average Bonchev–Trinajstić information content (AvgIpc) is 2.93. The van der Waals surface area contributed by atoms with Crippen molar-refractivity contribution in [1.82, 2.24) is 10.2 Å². The first-order chi connectivity index (χ1) is 11.6. The molecular weight excluding hydrogens is 300 g/mol. The first-order valence-electron chi connectivity index (χ1n) is 8.30. The van der Waals surface area contributed by atoms with E-state index in [4.69, 9.17) is 4.74 Å². The van der Waals surface area contributed by atoms with Crippen LogP contribution in [0.3, 0.4) is 0 Å². The van der Waals surface area contributed by atoms with Gasteiger partial charge in [-0.25, -0.2) is 0 Å². The number of likely N-dealkylation sites (tertiary alicyclic amines) is 1. The van der Waals surface area contributed by atoms with E-state index >= 15 is 0 Å². The van der Waals surface area contributed by atoms with Crippen LogP contribution in [-0.4, -0.2) is 37.6 Å². The molecule has 3 rings (SSSR count). The molecule has 0 aliphatic carbocycles. The van der Waals surface area contributed by atoms with Crippen molar-refractivity contribution in [1.29, 1.82) is 0 Å². The predicted octanol–water partition coefficient (Wildman–Crippen LogP) is 2.91. The van der Waals surface area contributed by atoms with Crippen molar-refractivity contribution >= 4 is 5.91 Å². The molecule has 1 fully saturated rings. The third-order valence-electron chi connectivity index (χ3n) is 4.66. The van der Waals surface area contributed by atoms with Crippen molar-refractivity contribution in [2.75, 3.05) is 20.7 Å². The van der Waals surface area contributed by atoms with Gasteiger partial charge in [0.15, 0.2) is 0 Å². The second-order valence-electron chi connectivity index (χ2n) is 6.38. The highest BCUT2D eigenvalue weighted by Crippen LogP contribution is 2.26. The number of amides is 1. The van der Waals surface area contributed by atoms with E-state index in [1.54, 1.807) is 12.0 Å². The molecule has 1 N–H and O–H groups in total. The van der Waals surface area contributed by atoms with Crippen molar-refractivity contribution in [2.45, 2.75) is 25.4 Å². The summed E-state index contributed by atoms with van der Waals surface area (Å²) < 4.78 is 5.25. The average molecular weight is 324 g/mol. The minimum Gasteiger partial charge on any atom is -0.497 e. The Balaban J connectivity index is 1.90. The van der Waals surface area contributed by atoms with Gasteiger partial charge in [-0.15, -0.1) is 0 Å². The highest BCUT2D eigenvalue weighted by atomic mass is 16.5. The minimum atomic E-state index is -0.136. The number of ether oxygens (including phenoxy) is 1. The number of nitrogens with zero attached hydrogens (tertiary/aromatic N) is 1. The third kappa shape index (κ3) is 3.44. The Morgan fingerprint density at radius 1 is 1.08 bits per heavy atom. The highest BCUT2D eigenvalue weighted by molar-refractivity contribution is 5.83. The fourth-order valence-corrected chi connectivity index (χ4v) is 3.12. The SMILES string of the molecule is COc1ccc([C@H](N[C@@H]2CCN(C)C2=O)c2ccc(C)cc2)cc1. The summed E-state index contributed by atoms with van der Waals surface area (Å²) in [6.45, 7) is 2.88. The normalized spacial score (nSPS) is 18.7. The number of carbonyl (C=O) groups excluding carboxylic acids is 1. The van der Waals surface area contributed by atoms with Gasteiger partial charge in [0.05, 0.1) is 19.2 Å². The quantitative estimate of drug-likeness (QED) is 0.919. The summed E-state index contributed by atoms with van der Waals surface area (Å²) in [7, 11) is 3.52. The maximum absolute atomic E-state index is 12.3. The van der Waals surface area contributed by atoms with Crippen LogP contribution in [0.2, 0.25) is 0 Å². The van der Waals surface area contributed by atoms with E-state index < -0.39 is 0 Å². The van der Waals surface area contributed by atoms with Crippen molar-refractivity contribution in [2.24, 2.45) is 0 Å². The largest absolute Gasteiger partial charge is 0.497 e. The number of benzene rings is 2. The molecule has 2 aromatic carbocycles. The zero-order chi connectivity index (χ0) is 17.1. The van der Waals surface area contributed by atoms with Crippen LogP contribution >= 0.6 is 0 Å². The zero-order valence-electron chi connectivity index (χ0n) is 14.5. The Morgan fingerprint density at radius 2 is 1.67 bits per heavy atom. The topological polar surface area (TPSA) is 41.6 Å². The fraction of sp³-hybridized carbons (Fsp3) is 0.350. The highest BCUT2D eigenvalue weighted by Gasteiger charge is 2.31. The number of hydrogen-bond acceptors (Lipinski definition) is 3. The Bertz CT molecular complexity index is 695. The molecule has 1 saturated heterocycles. The maximum atomic E-state index is 12.3. The van der Waals surface area contributed by atoms with Crippen LogP contribution in [0.15, 0.2) is 48.5 Å². The Morgan fingerprint density at radius 3 is 2.17 bits per heavy atom. The molecule has 126 valence electrons. The molecule has 0 aromatic heterocycles. The van der Waals surface area contributed by atoms with Crippen molar-refractivity contribution in [3.05, 3.63) is 65.2 Å². The summed E-state index contributed by atoms with van der Waals surface area (Å²) in [6.07, 6.45) is 0.841. The number of hydrogen-bond donors (Lipinski definition) is 1. The molecular formula is C20H24N2O2. The predicted molar refractivity (Wildman–Crippen MR) is 95.2 cm³/mol. The molecule has 0 bridgehead atoms. The summed E-state index contributed by atoms with van der Waals surface area (Å²) >= 11 is 0. The van der Waals surface area contributed by atoms with Gasteiger partial charge in [0, 0.05) is 13.6 Å². The fourth-order valence-electron chi connectivity index (χ4n) is 3.12. The molecule has 0 radical (unpaired) electrons. The van der Waals surface area contributed by atoms with Crippen LogP contribution in [-0.2, 0) is 4.79 Å². The van der Waals surface area contributed by atoms with Gasteiger partial charge in [-0.2, -0.15) is 0 Å². The van der Waals surface area contributed by atoms with Crippen molar-refractivity contribution in [3.63, 3.8) is 0 Å². The van der Waals surface area contributed by atoms with Crippen LogP contribution in [0.4, 0.5) is 0 Å². The van der Waals surface area contributed by atoms with Gasteiger partial charge in [0.1, 0.15) is 5.75 Å². The lowest BCUT2D eigenvalue weighted by Gasteiger charge is -2.23. The van der Waals surface area contributed by atoms with Crippen LogP contribution in [0.1, 0.15) is 29.2 Å². The van der Waals surface area contributed by atoms with E-state index in [0.29, 0.717) is 0 Å². The molecule has 0 spiro atoms. The number of aryl methyl sites for hydroxylation is 1. The smallest absolute Gasteiger partial charge is 0.239 e. The molecule has 0 unspecified atom stereocenters. The number of carbonyl (C=O) groups is 1. The van der Waals surface area contributed by atoms with Crippen molar-refractivity contribution < 1.29 is 9.53 Å². The molecule has 2 aromatic rings. The van der Waals surface area contributed by atoms with Crippen LogP contribution in [0, 0.1) is 6.92 Å². The van der Waals surface area contributed by atoms with E-state index in [9.17, 15) is 4.79 Å². The first kappa shape index (κ1) is 16.5. The summed E-state index contributed by atoms with van der Waals surface area (Å²) in [4.78, 5) is 14.1. The van der Waals surface area contributed by atoms with Gasteiger partial charge >= 0.3 is 0 Å². The monoisotopic (exact) mass is 324 g/mol. The molecule has 1 aliphatic rings. The molecule has 1 heterocycles. The van der Waals surface area contributed by atoms with E-state index in [1.807, 2.05) is 19.2 Å². The number of methoxy groups -OCH3 is 1. The Labute approximate surface area is 143 Å². The molecule has 4 nitrogen and oxygen atoms in total. The molecule has 24 heavy (non-hydrogen) atoms. The Hall–Kier alpha value is -2.33. The van der Waals surface area contributed by atoms with E-state index in [1.165, 1.54) is 5.56 Å². The molecule has 1 aliphatic heterocycles. The van der Waals surface area contributed by atoms with Gasteiger partial charge in [-0.3, -0.25) is 10.1 Å². The van der Waals surface area contributed by atoms with Gasteiger partial charge in [0.25, 0.3) is 0 Å². The lowest BCUT2D eigenvalue weighted by Crippen LogP contribution is -2.39. The van der Waals surface area contributed by atoms with Crippen molar-refractivity contribution in [3.8, 4) is 5.75 Å². The maximum Gasteiger partial charge on any atom is 0.239 e. The molecule has 0 saturated carbocycles. The lowest BCUT2D eigenvalue weighted by atomic mass is 9.96. The molecule has 2 atom stereocenters. The molecule has 4 heteroatoms. The van der Waals surface area contributed by atoms with Gasteiger partial charge < -0.3 is 9.64 Å². The second kappa shape index (κ2) is 7.05. The van der Waals surface area contributed by atoms with Gasteiger partial charge in [0.2, 0.25) is 5.91 Å².